The molecule has 0 spiro atoms. The molecular weight excluding hydrogens is 363 g/mol. The molecule has 0 bridgehead atoms. The van der Waals surface area contributed by atoms with Crippen LogP contribution in [-0.2, 0) is 20.4 Å². The Hall–Kier alpha value is -2.25. The van der Waals surface area contributed by atoms with Gasteiger partial charge in [-0.25, -0.2) is 9.59 Å². The van der Waals surface area contributed by atoms with Crippen LogP contribution in [0.5, 0.6) is 0 Å². The molecular formula is C19H24F3NO4. The number of nitrogens with zero attached hydrogens (tertiary/aromatic N) is 1. The molecule has 0 aliphatic carbocycles. The Kier molecular flexibility index (Phi) is 6.07. The Balaban J connectivity index is 2.29. The molecule has 1 aliphatic heterocycles. The summed E-state index contributed by atoms with van der Waals surface area (Å²) in [5.74, 6) is -1.05. The first kappa shape index (κ1) is 21.1. The molecule has 1 aliphatic rings. The van der Waals surface area contributed by atoms with Crippen molar-refractivity contribution < 1.29 is 32.2 Å². The maximum atomic E-state index is 12.8. The van der Waals surface area contributed by atoms with Crippen molar-refractivity contribution in [2.75, 3.05) is 13.2 Å². The molecule has 1 fully saturated rings. The number of esters is 1. The van der Waals surface area contributed by atoms with Gasteiger partial charge in [-0.2, -0.15) is 13.2 Å². The Morgan fingerprint density at radius 3 is 2.22 bits per heavy atom. The number of amides is 1. The van der Waals surface area contributed by atoms with Crippen molar-refractivity contribution in [1.29, 1.82) is 0 Å². The highest BCUT2D eigenvalue weighted by Gasteiger charge is 2.45. The number of halogens is 3. The van der Waals surface area contributed by atoms with E-state index in [0.717, 1.165) is 12.1 Å². The monoisotopic (exact) mass is 387 g/mol. The summed E-state index contributed by atoms with van der Waals surface area (Å²) >= 11 is 0. The zero-order valence-corrected chi connectivity index (χ0v) is 15.8. The van der Waals surface area contributed by atoms with E-state index in [-0.39, 0.29) is 13.2 Å². The van der Waals surface area contributed by atoms with Gasteiger partial charge in [0.15, 0.2) is 0 Å². The van der Waals surface area contributed by atoms with Gasteiger partial charge in [-0.15, -0.1) is 0 Å². The van der Waals surface area contributed by atoms with Crippen molar-refractivity contribution in [3.63, 3.8) is 0 Å². The lowest BCUT2D eigenvalue weighted by Crippen LogP contribution is -2.45. The van der Waals surface area contributed by atoms with Gasteiger partial charge in [-0.3, -0.25) is 4.90 Å². The maximum absolute atomic E-state index is 12.8. The Bertz CT molecular complexity index is 680. The number of carbonyl (C=O) groups excluding carboxylic acids is 2. The largest absolute Gasteiger partial charge is 0.464 e. The van der Waals surface area contributed by atoms with Gasteiger partial charge in [0.2, 0.25) is 0 Å². The van der Waals surface area contributed by atoms with E-state index in [9.17, 15) is 22.8 Å². The normalized spacial score (nSPS) is 20.5. The third-order valence-electron chi connectivity index (χ3n) is 4.22. The fraction of sp³-hybridized carbons (Fsp3) is 0.579. The van der Waals surface area contributed by atoms with Crippen molar-refractivity contribution in [2.45, 2.75) is 57.9 Å². The fourth-order valence-electron chi connectivity index (χ4n) is 3.11. The van der Waals surface area contributed by atoms with Crippen LogP contribution in [0, 0.1) is 0 Å². The zero-order chi connectivity index (χ0) is 20.4. The van der Waals surface area contributed by atoms with Gasteiger partial charge < -0.3 is 9.47 Å². The van der Waals surface area contributed by atoms with Crippen LogP contribution < -0.4 is 0 Å². The van der Waals surface area contributed by atoms with E-state index in [0.29, 0.717) is 12.0 Å². The lowest BCUT2D eigenvalue weighted by Gasteiger charge is -2.29. The molecule has 1 aromatic rings. The van der Waals surface area contributed by atoms with E-state index < -0.39 is 41.4 Å². The smallest absolute Gasteiger partial charge is 0.416 e. The van der Waals surface area contributed by atoms with Crippen molar-refractivity contribution in [3.8, 4) is 0 Å². The zero-order valence-electron chi connectivity index (χ0n) is 15.8. The van der Waals surface area contributed by atoms with E-state index in [4.69, 9.17) is 9.47 Å². The topological polar surface area (TPSA) is 55.8 Å². The molecule has 1 saturated heterocycles. The van der Waals surface area contributed by atoms with Crippen LogP contribution in [0.2, 0.25) is 0 Å². The first-order valence-electron chi connectivity index (χ1n) is 8.77. The minimum Gasteiger partial charge on any atom is -0.464 e. The number of ether oxygens (including phenoxy) is 2. The highest BCUT2D eigenvalue weighted by molar-refractivity contribution is 5.83. The van der Waals surface area contributed by atoms with Gasteiger partial charge in [0, 0.05) is 12.5 Å². The summed E-state index contributed by atoms with van der Waals surface area (Å²) in [7, 11) is 0. The fourth-order valence-corrected chi connectivity index (χ4v) is 3.11. The molecule has 0 aromatic heterocycles. The predicted octanol–water partition coefficient (Wildman–Crippen LogP) is 4.36. The van der Waals surface area contributed by atoms with Crippen LogP contribution >= 0.6 is 0 Å². The van der Waals surface area contributed by atoms with E-state index in [2.05, 4.69) is 0 Å². The quantitative estimate of drug-likeness (QED) is 0.723. The van der Waals surface area contributed by atoms with Crippen LogP contribution in [-0.4, -0.2) is 41.8 Å². The van der Waals surface area contributed by atoms with Crippen LogP contribution in [0.4, 0.5) is 18.0 Å². The third kappa shape index (κ3) is 5.14. The summed E-state index contributed by atoms with van der Waals surface area (Å²) < 4.78 is 48.8. The predicted molar refractivity (Wildman–Crippen MR) is 92.2 cm³/mol. The Morgan fingerprint density at radius 1 is 1.15 bits per heavy atom. The highest BCUT2D eigenvalue weighted by atomic mass is 19.4. The van der Waals surface area contributed by atoms with Crippen molar-refractivity contribution >= 4 is 12.1 Å². The van der Waals surface area contributed by atoms with Gasteiger partial charge in [-0.05, 0) is 51.8 Å². The summed E-state index contributed by atoms with van der Waals surface area (Å²) in [6, 6.07) is 3.72. The van der Waals surface area contributed by atoms with Crippen molar-refractivity contribution in [2.24, 2.45) is 0 Å². The molecule has 5 nitrogen and oxygen atoms in total. The second-order valence-electron chi connectivity index (χ2n) is 7.39. The van der Waals surface area contributed by atoms with Gasteiger partial charge in [0.25, 0.3) is 0 Å². The Labute approximate surface area is 156 Å². The molecule has 8 heteroatoms. The molecule has 1 heterocycles. The van der Waals surface area contributed by atoms with Gasteiger partial charge in [-0.1, -0.05) is 12.1 Å². The molecule has 0 unspecified atom stereocenters. The molecule has 0 saturated carbocycles. The van der Waals surface area contributed by atoms with E-state index in [1.54, 1.807) is 27.7 Å². The third-order valence-corrected chi connectivity index (χ3v) is 4.22. The number of carbonyl (C=O) groups is 2. The number of hydrogen-bond acceptors (Lipinski definition) is 4. The number of alkyl halides is 3. The standard InChI is InChI=1S/C19H24F3NO4/c1-5-26-16(24)15-14(10-11-23(15)17(25)27-18(2,3)4)12-6-8-13(9-7-12)19(20,21)22/h6-9,14-15H,5,10-11H2,1-4H3/t14-,15+/m1/s1. The molecule has 1 aromatic carbocycles. The number of likely N-dealkylation sites (tertiary alicyclic amines) is 1. The first-order valence-corrected chi connectivity index (χ1v) is 8.77. The summed E-state index contributed by atoms with van der Waals surface area (Å²) in [6.45, 7) is 7.19. The van der Waals surface area contributed by atoms with Crippen LogP contribution in [0.1, 0.15) is 51.2 Å². The Morgan fingerprint density at radius 2 is 1.74 bits per heavy atom. The lowest BCUT2D eigenvalue weighted by molar-refractivity contribution is -0.148. The maximum Gasteiger partial charge on any atom is 0.416 e. The molecule has 150 valence electrons. The van der Waals surface area contributed by atoms with E-state index in [1.807, 2.05) is 0 Å². The lowest BCUT2D eigenvalue weighted by atomic mass is 9.91. The minimum atomic E-state index is -4.43. The molecule has 27 heavy (non-hydrogen) atoms. The summed E-state index contributed by atoms with van der Waals surface area (Å²) in [6.07, 6.45) is -4.65. The SMILES string of the molecule is CCOC(=O)[C@@H]1[C@@H](c2ccc(C(F)(F)F)cc2)CCN1C(=O)OC(C)(C)C. The number of rotatable bonds is 3. The number of benzene rings is 1. The average Bonchev–Trinajstić information content (AvgIpc) is 2.98. The minimum absolute atomic E-state index is 0.136. The van der Waals surface area contributed by atoms with Gasteiger partial charge in [0.05, 0.1) is 12.2 Å². The highest BCUT2D eigenvalue weighted by Crippen LogP contribution is 2.37. The summed E-state index contributed by atoms with van der Waals surface area (Å²) in [5.41, 5.74) is -0.948. The molecule has 1 amide bonds. The summed E-state index contributed by atoms with van der Waals surface area (Å²) in [5, 5.41) is 0. The first-order chi connectivity index (χ1) is 12.4. The van der Waals surface area contributed by atoms with E-state index in [1.165, 1.54) is 17.0 Å². The summed E-state index contributed by atoms with van der Waals surface area (Å²) in [4.78, 5) is 26.3. The van der Waals surface area contributed by atoms with E-state index >= 15 is 0 Å². The average molecular weight is 387 g/mol. The van der Waals surface area contributed by atoms with Gasteiger partial charge >= 0.3 is 18.2 Å². The van der Waals surface area contributed by atoms with Crippen LogP contribution in [0.3, 0.4) is 0 Å². The number of hydrogen-bond donors (Lipinski definition) is 0. The van der Waals surface area contributed by atoms with Crippen molar-refractivity contribution in [1.82, 2.24) is 4.90 Å². The van der Waals surface area contributed by atoms with Gasteiger partial charge in [0.1, 0.15) is 11.6 Å². The van der Waals surface area contributed by atoms with Crippen LogP contribution in [0.25, 0.3) is 0 Å². The molecule has 2 atom stereocenters. The van der Waals surface area contributed by atoms with Crippen molar-refractivity contribution in [3.05, 3.63) is 35.4 Å². The second kappa shape index (κ2) is 7.78. The second-order valence-corrected chi connectivity index (χ2v) is 7.39. The molecule has 0 N–H and O–H groups in total. The van der Waals surface area contributed by atoms with Crippen LogP contribution in [0.15, 0.2) is 24.3 Å². The molecule has 0 radical (unpaired) electrons. The molecule has 2 rings (SSSR count).